The highest BCUT2D eigenvalue weighted by Crippen LogP contribution is 2.26. The standard InChI is InChI=1S/C12H10O5/c1-7(13)16-8-3-4-9-10(15-2)6-12(14)17-11(9)5-8/h3-6H,1-2H3. The molecule has 0 saturated heterocycles. The Morgan fingerprint density at radius 3 is 2.71 bits per heavy atom. The third-order valence-electron chi connectivity index (χ3n) is 2.16. The predicted molar refractivity (Wildman–Crippen MR) is 60.3 cm³/mol. The van der Waals surface area contributed by atoms with Gasteiger partial charge in [0, 0.05) is 13.0 Å². The van der Waals surface area contributed by atoms with Crippen LogP contribution in [-0.2, 0) is 4.79 Å². The summed E-state index contributed by atoms with van der Waals surface area (Å²) in [6.07, 6.45) is 0. The maximum absolute atomic E-state index is 11.2. The van der Waals surface area contributed by atoms with E-state index >= 15 is 0 Å². The molecule has 1 aromatic carbocycles. The van der Waals surface area contributed by atoms with Gasteiger partial charge in [-0.2, -0.15) is 0 Å². The molecule has 17 heavy (non-hydrogen) atoms. The maximum Gasteiger partial charge on any atom is 0.339 e. The molecular weight excluding hydrogens is 224 g/mol. The van der Waals surface area contributed by atoms with Gasteiger partial charge in [-0.1, -0.05) is 0 Å². The Morgan fingerprint density at radius 1 is 1.29 bits per heavy atom. The van der Waals surface area contributed by atoms with Crippen molar-refractivity contribution in [2.75, 3.05) is 7.11 Å². The van der Waals surface area contributed by atoms with E-state index in [1.54, 1.807) is 12.1 Å². The number of methoxy groups -OCH3 is 1. The zero-order valence-electron chi connectivity index (χ0n) is 9.35. The second-order valence-electron chi connectivity index (χ2n) is 3.39. The third-order valence-corrected chi connectivity index (χ3v) is 2.16. The number of carbonyl (C=O) groups excluding carboxylic acids is 1. The molecule has 1 heterocycles. The van der Waals surface area contributed by atoms with Crippen molar-refractivity contribution in [2.45, 2.75) is 6.92 Å². The number of rotatable bonds is 2. The van der Waals surface area contributed by atoms with Crippen LogP contribution in [0.3, 0.4) is 0 Å². The molecule has 0 aliphatic rings. The lowest BCUT2D eigenvalue weighted by Gasteiger charge is -2.05. The highest BCUT2D eigenvalue weighted by atomic mass is 16.5. The van der Waals surface area contributed by atoms with Gasteiger partial charge in [-0.05, 0) is 12.1 Å². The van der Waals surface area contributed by atoms with E-state index in [0.29, 0.717) is 22.5 Å². The SMILES string of the molecule is COc1cc(=O)oc2cc(OC(C)=O)ccc12. The molecule has 2 aromatic rings. The Kier molecular flexibility index (Phi) is 2.82. The second-order valence-corrected chi connectivity index (χ2v) is 3.39. The quantitative estimate of drug-likeness (QED) is 0.449. The Labute approximate surface area is 96.6 Å². The summed E-state index contributed by atoms with van der Waals surface area (Å²) in [5.74, 6) is 0.307. The van der Waals surface area contributed by atoms with E-state index in [-0.39, 0.29) is 0 Å². The maximum atomic E-state index is 11.2. The Bertz CT molecular complexity index is 626. The van der Waals surface area contributed by atoms with E-state index in [1.165, 1.54) is 26.2 Å². The van der Waals surface area contributed by atoms with Crippen molar-refractivity contribution in [1.82, 2.24) is 0 Å². The van der Waals surface area contributed by atoms with E-state index in [1.807, 2.05) is 0 Å². The van der Waals surface area contributed by atoms with E-state index in [4.69, 9.17) is 13.9 Å². The summed E-state index contributed by atoms with van der Waals surface area (Å²) in [6, 6.07) is 6.00. The van der Waals surface area contributed by atoms with Crippen LogP contribution in [0.25, 0.3) is 11.0 Å². The summed E-state index contributed by atoms with van der Waals surface area (Å²) in [5.41, 5.74) is -0.206. The van der Waals surface area contributed by atoms with Crippen molar-refractivity contribution >= 4 is 16.9 Å². The molecule has 88 valence electrons. The zero-order valence-corrected chi connectivity index (χ0v) is 9.35. The van der Waals surface area contributed by atoms with Crippen molar-refractivity contribution in [1.29, 1.82) is 0 Å². The number of carbonyl (C=O) groups is 1. The molecule has 0 N–H and O–H groups in total. The average Bonchev–Trinajstić information content (AvgIpc) is 2.26. The van der Waals surface area contributed by atoms with E-state index < -0.39 is 11.6 Å². The summed E-state index contributed by atoms with van der Waals surface area (Å²) < 4.78 is 15.0. The summed E-state index contributed by atoms with van der Waals surface area (Å²) in [4.78, 5) is 22.0. The molecule has 0 saturated carbocycles. The van der Waals surface area contributed by atoms with Crippen LogP contribution in [0.4, 0.5) is 0 Å². The normalized spacial score (nSPS) is 10.2. The van der Waals surface area contributed by atoms with Gasteiger partial charge < -0.3 is 13.9 Å². The number of esters is 1. The minimum atomic E-state index is -0.519. The van der Waals surface area contributed by atoms with E-state index in [2.05, 4.69) is 0 Å². The topological polar surface area (TPSA) is 65.7 Å². The lowest BCUT2D eigenvalue weighted by molar-refractivity contribution is -0.131. The summed E-state index contributed by atoms with van der Waals surface area (Å²) in [6.45, 7) is 1.30. The minimum Gasteiger partial charge on any atom is -0.496 e. The van der Waals surface area contributed by atoms with Crippen LogP contribution in [0.1, 0.15) is 6.92 Å². The Hall–Kier alpha value is -2.30. The van der Waals surface area contributed by atoms with Crippen LogP contribution < -0.4 is 15.1 Å². The number of hydrogen-bond donors (Lipinski definition) is 0. The Morgan fingerprint density at radius 2 is 2.06 bits per heavy atom. The van der Waals surface area contributed by atoms with Gasteiger partial charge in [0.2, 0.25) is 0 Å². The second kappa shape index (κ2) is 4.29. The van der Waals surface area contributed by atoms with Gasteiger partial charge in [0.1, 0.15) is 17.1 Å². The van der Waals surface area contributed by atoms with Crippen molar-refractivity contribution in [3.63, 3.8) is 0 Å². The van der Waals surface area contributed by atoms with Gasteiger partial charge in [0.05, 0.1) is 18.6 Å². The van der Waals surface area contributed by atoms with Crippen molar-refractivity contribution in [3.8, 4) is 11.5 Å². The molecule has 0 atom stereocenters. The molecule has 0 aliphatic heterocycles. The third kappa shape index (κ3) is 2.28. The molecule has 0 aliphatic carbocycles. The van der Waals surface area contributed by atoms with Gasteiger partial charge in [0.25, 0.3) is 0 Å². The zero-order chi connectivity index (χ0) is 12.4. The first-order valence-electron chi connectivity index (χ1n) is 4.90. The molecule has 5 nitrogen and oxygen atoms in total. The van der Waals surface area contributed by atoms with Gasteiger partial charge in [0.15, 0.2) is 0 Å². The fourth-order valence-electron chi connectivity index (χ4n) is 1.51. The van der Waals surface area contributed by atoms with Crippen LogP contribution >= 0.6 is 0 Å². The first-order chi connectivity index (χ1) is 8.10. The number of hydrogen-bond acceptors (Lipinski definition) is 5. The molecule has 0 fully saturated rings. The van der Waals surface area contributed by atoms with Crippen molar-refractivity contribution in [2.24, 2.45) is 0 Å². The fraction of sp³-hybridized carbons (Fsp3) is 0.167. The summed E-state index contributed by atoms with van der Waals surface area (Å²) in [7, 11) is 1.47. The van der Waals surface area contributed by atoms with Gasteiger partial charge in [-0.3, -0.25) is 4.79 Å². The largest absolute Gasteiger partial charge is 0.496 e. The van der Waals surface area contributed by atoms with Gasteiger partial charge in [-0.25, -0.2) is 4.79 Å². The number of ether oxygens (including phenoxy) is 2. The molecule has 0 unspecified atom stereocenters. The molecule has 0 spiro atoms. The van der Waals surface area contributed by atoms with E-state index in [0.717, 1.165) is 0 Å². The van der Waals surface area contributed by atoms with Crippen LogP contribution in [0.15, 0.2) is 33.5 Å². The first kappa shape index (κ1) is 11.2. The minimum absolute atomic E-state index is 0.313. The number of fused-ring (bicyclic) bond motifs is 1. The lowest BCUT2D eigenvalue weighted by Crippen LogP contribution is -2.02. The van der Waals surface area contributed by atoms with Crippen molar-refractivity contribution in [3.05, 3.63) is 34.7 Å². The monoisotopic (exact) mass is 234 g/mol. The lowest BCUT2D eigenvalue weighted by atomic mass is 10.2. The van der Waals surface area contributed by atoms with Crippen molar-refractivity contribution < 1.29 is 18.7 Å². The molecule has 5 heteroatoms. The van der Waals surface area contributed by atoms with Crippen LogP contribution in [0, 0.1) is 0 Å². The molecule has 0 bridgehead atoms. The fourth-order valence-corrected chi connectivity index (χ4v) is 1.51. The molecule has 0 amide bonds. The Balaban J connectivity index is 2.61. The summed E-state index contributed by atoms with van der Waals surface area (Å²) >= 11 is 0. The highest BCUT2D eigenvalue weighted by Gasteiger charge is 2.08. The number of benzene rings is 1. The first-order valence-corrected chi connectivity index (χ1v) is 4.90. The predicted octanol–water partition coefficient (Wildman–Crippen LogP) is 1.73. The van der Waals surface area contributed by atoms with Crippen LogP contribution in [0.2, 0.25) is 0 Å². The average molecular weight is 234 g/mol. The summed E-state index contributed by atoms with van der Waals surface area (Å²) in [5, 5.41) is 0.642. The van der Waals surface area contributed by atoms with Gasteiger partial charge in [-0.15, -0.1) is 0 Å². The highest BCUT2D eigenvalue weighted by molar-refractivity contribution is 5.85. The molecule has 2 rings (SSSR count). The smallest absolute Gasteiger partial charge is 0.339 e. The van der Waals surface area contributed by atoms with E-state index in [9.17, 15) is 9.59 Å². The van der Waals surface area contributed by atoms with Crippen LogP contribution in [0.5, 0.6) is 11.5 Å². The van der Waals surface area contributed by atoms with Crippen LogP contribution in [-0.4, -0.2) is 13.1 Å². The molecule has 0 radical (unpaired) electrons. The van der Waals surface area contributed by atoms with Gasteiger partial charge >= 0.3 is 11.6 Å². The molecular formula is C12H10O5. The molecule has 1 aromatic heterocycles.